The summed E-state index contributed by atoms with van der Waals surface area (Å²) in [6.07, 6.45) is 4.05. The third-order valence-electron chi connectivity index (χ3n) is 3.91. The zero-order chi connectivity index (χ0) is 15.9. The molecule has 8 heteroatoms. The summed E-state index contributed by atoms with van der Waals surface area (Å²) in [6, 6.07) is 0. The quantitative estimate of drug-likeness (QED) is 0.643. The Hall–Kier alpha value is -1.15. The minimum absolute atomic E-state index is 0.0352. The Morgan fingerprint density at radius 3 is 2.38 bits per heavy atom. The van der Waals surface area contributed by atoms with E-state index in [1.165, 1.54) is 7.11 Å². The predicted octanol–water partition coefficient (Wildman–Crippen LogP) is 0.894. The summed E-state index contributed by atoms with van der Waals surface area (Å²) >= 11 is 0. The van der Waals surface area contributed by atoms with Crippen molar-refractivity contribution in [2.24, 2.45) is 5.41 Å². The number of hydrogen-bond acceptors (Lipinski definition) is 5. The van der Waals surface area contributed by atoms with E-state index in [0.29, 0.717) is 12.8 Å². The van der Waals surface area contributed by atoms with Gasteiger partial charge in [-0.2, -0.15) is 0 Å². The summed E-state index contributed by atoms with van der Waals surface area (Å²) in [5.74, 6) is -1.84. The van der Waals surface area contributed by atoms with E-state index in [4.69, 9.17) is 5.11 Å². The number of aliphatic carboxylic acids is 1. The smallest absolute Gasteiger partial charge is 0.306 e. The SMILES string of the molecule is COC(=O)CCS(=O)(=O)NCC1(CC(=O)O)CCCCC1. The number of nitrogens with one attached hydrogen (secondary N) is 1. The van der Waals surface area contributed by atoms with Crippen LogP contribution in [-0.2, 0) is 24.3 Å². The maximum atomic E-state index is 11.9. The van der Waals surface area contributed by atoms with Gasteiger partial charge in [-0.25, -0.2) is 13.1 Å². The van der Waals surface area contributed by atoms with Crippen molar-refractivity contribution < 1.29 is 27.9 Å². The lowest BCUT2D eigenvalue weighted by Crippen LogP contribution is -2.41. The van der Waals surface area contributed by atoms with Gasteiger partial charge in [-0.15, -0.1) is 0 Å². The summed E-state index contributed by atoms with van der Waals surface area (Å²) in [5, 5.41) is 9.03. The highest BCUT2D eigenvalue weighted by molar-refractivity contribution is 7.89. The molecular formula is C13H23NO6S. The Balaban J connectivity index is 2.59. The third-order valence-corrected chi connectivity index (χ3v) is 5.24. The number of carboxylic acids is 1. The molecule has 2 N–H and O–H groups in total. The first kappa shape index (κ1) is 17.9. The Bertz CT molecular complexity index is 467. The fourth-order valence-corrected chi connectivity index (χ4v) is 3.80. The van der Waals surface area contributed by atoms with Gasteiger partial charge in [0.05, 0.1) is 25.7 Å². The molecule has 0 spiro atoms. The van der Waals surface area contributed by atoms with Gasteiger partial charge < -0.3 is 9.84 Å². The molecule has 21 heavy (non-hydrogen) atoms. The number of carboxylic acid groups (broad SMARTS) is 1. The molecule has 0 heterocycles. The van der Waals surface area contributed by atoms with Crippen LogP contribution in [0.25, 0.3) is 0 Å². The van der Waals surface area contributed by atoms with Crippen LogP contribution in [0.2, 0.25) is 0 Å². The number of esters is 1. The van der Waals surface area contributed by atoms with E-state index in [1.54, 1.807) is 0 Å². The molecule has 0 aromatic carbocycles. The van der Waals surface area contributed by atoms with Gasteiger partial charge in [0.25, 0.3) is 0 Å². The second-order valence-electron chi connectivity index (χ2n) is 5.60. The van der Waals surface area contributed by atoms with Crippen LogP contribution < -0.4 is 4.72 Å². The number of rotatable bonds is 8. The monoisotopic (exact) mass is 321 g/mol. The van der Waals surface area contributed by atoms with Crippen molar-refractivity contribution in [2.45, 2.75) is 44.9 Å². The molecule has 0 unspecified atom stereocenters. The molecule has 1 aliphatic carbocycles. The van der Waals surface area contributed by atoms with Crippen LogP contribution in [0.3, 0.4) is 0 Å². The first-order chi connectivity index (χ1) is 9.79. The van der Waals surface area contributed by atoms with Crippen molar-refractivity contribution >= 4 is 22.0 Å². The normalized spacial score (nSPS) is 18.1. The summed E-state index contributed by atoms with van der Waals surface area (Å²) in [5.41, 5.74) is -0.511. The van der Waals surface area contributed by atoms with E-state index in [0.717, 1.165) is 19.3 Å². The van der Waals surface area contributed by atoms with Crippen molar-refractivity contribution in [3.05, 3.63) is 0 Å². The molecule has 1 saturated carbocycles. The van der Waals surface area contributed by atoms with Crippen LogP contribution in [0.15, 0.2) is 0 Å². The lowest BCUT2D eigenvalue weighted by atomic mass is 9.72. The zero-order valence-electron chi connectivity index (χ0n) is 12.3. The Morgan fingerprint density at radius 1 is 1.24 bits per heavy atom. The highest BCUT2D eigenvalue weighted by atomic mass is 32.2. The molecule has 122 valence electrons. The molecule has 1 fully saturated rings. The molecule has 0 radical (unpaired) electrons. The lowest BCUT2D eigenvalue weighted by Gasteiger charge is -2.36. The van der Waals surface area contributed by atoms with E-state index >= 15 is 0 Å². The molecule has 0 aliphatic heterocycles. The standard InChI is InChI=1S/C13H23NO6S/c1-20-12(17)5-8-21(18,19)14-10-13(9-11(15)16)6-3-2-4-7-13/h14H,2-10H2,1H3,(H,15,16). The molecule has 1 rings (SSSR count). The van der Waals surface area contributed by atoms with Crippen LogP contribution in [0.1, 0.15) is 44.9 Å². The van der Waals surface area contributed by atoms with Gasteiger partial charge in [-0.1, -0.05) is 19.3 Å². The second kappa shape index (κ2) is 7.74. The third kappa shape index (κ3) is 6.43. The highest BCUT2D eigenvalue weighted by Gasteiger charge is 2.35. The minimum Gasteiger partial charge on any atom is -0.481 e. The van der Waals surface area contributed by atoms with Crippen molar-refractivity contribution in [3.8, 4) is 0 Å². The Morgan fingerprint density at radius 2 is 1.86 bits per heavy atom. The van der Waals surface area contributed by atoms with Crippen LogP contribution in [0, 0.1) is 5.41 Å². The number of hydrogen-bond donors (Lipinski definition) is 2. The van der Waals surface area contributed by atoms with Crippen LogP contribution >= 0.6 is 0 Å². The van der Waals surface area contributed by atoms with Crippen LogP contribution in [0.4, 0.5) is 0 Å². The summed E-state index contributed by atoms with van der Waals surface area (Å²) in [7, 11) is -2.40. The molecule has 0 aromatic heterocycles. The summed E-state index contributed by atoms with van der Waals surface area (Å²) < 4.78 is 30.6. The number of ether oxygens (including phenoxy) is 1. The average Bonchev–Trinajstić information content (AvgIpc) is 2.43. The molecule has 0 amide bonds. The van der Waals surface area contributed by atoms with Crippen molar-refractivity contribution in [2.75, 3.05) is 19.4 Å². The number of methoxy groups -OCH3 is 1. The van der Waals surface area contributed by atoms with Gasteiger partial charge in [-0.3, -0.25) is 9.59 Å². The fraction of sp³-hybridized carbons (Fsp3) is 0.846. The van der Waals surface area contributed by atoms with Crippen LogP contribution in [0.5, 0.6) is 0 Å². The van der Waals surface area contributed by atoms with Gasteiger partial charge in [0, 0.05) is 6.54 Å². The molecule has 0 bridgehead atoms. The van der Waals surface area contributed by atoms with Crippen LogP contribution in [-0.4, -0.2) is 44.9 Å². The van der Waals surface area contributed by atoms with Gasteiger partial charge in [0.1, 0.15) is 0 Å². The average molecular weight is 321 g/mol. The van der Waals surface area contributed by atoms with Crippen molar-refractivity contribution in [1.29, 1.82) is 0 Å². The van der Waals surface area contributed by atoms with Gasteiger partial charge in [-0.05, 0) is 18.3 Å². The Kier molecular flexibility index (Phi) is 6.60. The second-order valence-corrected chi connectivity index (χ2v) is 7.52. The van der Waals surface area contributed by atoms with E-state index < -0.39 is 27.4 Å². The summed E-state index contributed by atoms with van der Waals surface area (Å²) in [4.78, 5) is 22.0. The maximum absolute atomic E-state index is 11.9. The minimum atomic E-state index is -3.60. The Labute approximate surface area is 125 Å². The molecular weight excluding hydrogens is 298 g/mol. The van der Waals surface area contributed by atoms with Gasteiger partial charge in [0.15, 0.2) is 0 Å². The molecule has 0 saturated heterocycles. The molecule has 7 nitrogen and oxygen atoms in total. The van der Waals surface area contributed by atoms with Crippen molar-refractivity contribution in [3.63, 3.8) is 0 Å². The first-order valence-corrected chi connectivity index (χ1v) is 8.70. The van der Waals surface area contributed by atoms with E-state index in [-0.39, 0.29) is 25.1 Å². The summed E-state index contributed by atoms with van der Waals surface area (Å²) in [6.45, 7) is 0.114. The predicted molar refractivity (Wildman–Crippen MR) is 76.2 cm³/mol. The molecule has 0 aromatic rings. The van der Waals surface area contributed by atoms with Gasteiger partial charge in [0.2, 0.25) is 10.0 Å². The largest absolute Gasteiger partial charge is 0.481 e. The number of carbonyl (C=O) groups is 2. The lowest BCUT2D eigenvalue weighted by molar-refractivity contribution is -0.141. The highest BCUT2D eigenvalue weighted by Crippen LogP contribution is 2.38. The molecule has 0 atom stereocenters. The van der Waals surface area contributed by atoms with E-state index in [9.17, 15) is 18.0 Å². The fourth-order valence-electron chi connectivity index (χ4n) is 2.69. The number of carbonyl (C=O) groups excluding carboxylic acids is 1. The zero-order valence-corrected chi connectivity index (χ0v) is 13.1. The molecule has 1 aliphatic rings. The van der Waals surface area contributed by atoms with E-state index in [1.807, 2.05) is 0 Å². The van der Waals surface area contributed by atoms with E-state index in [2.05, 4.69) is 9.46 Å². The maximum Gasteiger partial charge on any atom is 0.306 e. The van der Waals surface area contributed by atoms with Gasteiger partial charge >= 0.3 is 11.9 Å². The number of sulfonamides is 1. The topological polar surface area (TPSA) is 110 Å². The first-order valence-electron chi connectivity index (χ1n) is 7.05. The van der Waals surface area contributed by atoms with Crippen molar-refractivity contribution in [1.82, 2.24) is 4.72 Å².